The van der Waals surface area contributed by atoms with Crippen molar-refractivity contribution in [1.29, 1.82) is 0 Å². The zero-order valence-electron chi connectivity index (χ0n) is 14.6. The van der Waals surface area contributed by atoms with E-state index in [2.05, 4.69) is 5.32 Å². The molecule has 0 bridgehead atoms. The fourth-order valence-electron chi connectivity index (χ4n) is 2.72. The molecule has 2 rings (SSSR count). The molecule has 0 fully saturated rings. The molecule has 0 saturated heterocycles. The molecular weight excluding hydrogens is 405 g/mol. The van der Waals surface area contributed by atoms with Gasteiger partial charge in [0.2, 0.25) is 15.9 Å². The molecule has 5 nitrogen and oxygen atoms in total. The van der Waals surface area contributed by atoms with Crippen molar-refractivity contribution in [2.75, 3.05) is 23.7 Å². The van der Waals surface area contributed by atoms with Crippen LogP contribution in [0.15, 0.2) is 29.8 Å². The number of hydrogen-bond donors (Lipinski definition) is 1. The van der Waals surface area contributed by atoms with E-state index in [9.17, 15) is 26.4 Å². The third-order valence-corrected chi connectivity index (χ3v) is 5.57. The maximum Gasteiger partial charge on any atom is 0.416 e. The maximum atomic E-state index is 13.0. The molecular formula is C17H20ClF3N2O3S. The highest BCUT2D eigenvalue weighted by Crippen LogP contribution is 2.36. The van der Waals surface area contributed by atoms with Gasteiger partial charge in [0.1, 0.15) is 6.54 Å². The number of amides is 1. The second-order valence-corrected chi connectivity index (χ2v) is 8.63. The molecule has 1 N–H and O–H groups in total. The Morgan fingerprint density at radius 2 is 2.00 bits per heavy atom. The number of benzene rings is 1. The summed E-state index contributed by atoms with van der Waals surface area (Å²) in [6, 6.07) is 2.34. The largest absolute Gasteiger partial charge is 0.416 e. The van der Waals surface area contributed by atoms with Gasteiger partial charge in [-0.15, -0.1) is 0 Å². The first-order valence-corrected chi connectivity index (χ1v) is 10.5. The first-order valence-electron chi connectivity index (χ1n) is 8.27. The van der Waals surface area contributed by atoms with Gasteiger partial charge in [-0.3, -0.25) is 9.10 Å². The lowest BCUT2D eigenvalue weighted by molar-refractivity contribution is -0.137. The van der Waals surface area contributed by atoms with Crippen molar-refractivity contribution < 1.29 is 26.4 Å². The summed E-state index contributed by atoms with van der Waals surface area (Å²) in [4.78, 5) is 12.2. The molecule has 1 aliphatic carbocycles. The lowest BCUT2D eigenvalue weighted by atomic mass is 10.00. The van der Waals surface area contributed by atoms with Gasteiger partial charge in [0.05, 0.1) is 22.5 Å². The molecule has 150 valence electrons. The van der Waals surface area contributed by atoms with Crippen LogP contribution in [0.4, 0.5) is 18.9 Å². The first-order chi connectivity index (χ1) is 12.5. The lowest BCUT2D eigenvalue weighted by Gasteiger charge is -2.24. The van der Waals surface area contributed by atoms with Gasteiger partial charge in [0, 0.05) is 6.54 Å². The van der Waals surface area contributed by atoms with Gasteiger partial charge >= 0.3 is 6.18 Å². The fourth-order valence-corrected chi connectivity index (χ4v) is 3.85. The molecule has 0 aliphatic heterocycles. The Hall–Kier alpha value is -1.74. The van der Waals surface area contributed by atoms with E-state index in [0.29, 0.717) is 10.4 Å². The zero-order valence-corrected chi connectivity index (χ0v) is 16.2. The summed E-state index contributed by atoms with van der Waals surface area (Å²) < 4.78 is 63.6. The van der Waals surface area contributed by atoms with Crippen LogP contribution in [0.2, 0.25) is 5.02 Å². The van der Waals surface area contributed by atoms with Crippen LogP contribution < -0.4 is 9.62 Å². The Morgan fingerprint density at radius 3 is 2.56 bits per heavy atom. The van der Waals surface area contributed by atoms with Crippen LogP contribution in [0, 0.1) is 0 Å². The highest BCUT2D eigenvalue weighted by Gasteiger charge is 2.33. The number of alkyl halides is 3. The van der Waals surface area contributed by atoms with Crippen molar-refractivity contribution >= 4 is 33.2 Å². The highest BCUT2D eigenvalue weighted by atomic mass is 35.5. The molecule has 0 radical (unpaired) electrons. The molecule has 1 aliphatic rings. The third kappa shape index (κ3) is 6.14. The summed E-state index contributed by atoms with van der Waals surface area (Å²) >= 11 is 5.92. The van der Waals surface area contributed by atoms with Gasteiger partial charge < -0.3 is 5.32 Å². The van der Waals surface area contributed by atoms with Crippen LogP contribution in [0.3, 0.4) is 0 Å². The molecule has 0 heterocycles. The van der Waals surface area contributed by atoms with Crippen LogP contribution >= 0.6 is 11.6 Å². The van der Waals surface area contributed by atoms with Crippen LogP contribution in [0.5, 0.6) is 0 Å². The summed E-state index contributed by atoms with van der Waals surface area (Å²) in [5.74, 6) is -0.625. The van der Waals surface area contributed by atoms with E-state index in [0.717, 1.165) is 49.6 Å². The quantitative estimate of drug-likeness (QED) is 0.707. The molecule has 10 heteroatoms. The average molecular weight is 425 g/mol. The molecule has 0 aromatic heterocycles. The molecule has 0 atom stereocenters. The van der Waals surface area contributed by atoms with E-state index >= 15 is 0 Å². The molecule has 0 unspecified atom stereocenters. The Labute approximate surface area is 161 Å². The Morgan fingerprint density at radius 1 is 1.30 bits per heavy atom. The van der Waals surface area contributed by atoms with Crippen molar-refractivity contribution in [3.63, 3.8) is 0 Å². The van der Waals surface area contributed by atoms with Crippen molar-refractivity contribution in [1.82, 2.24) is 5.32 Å². The van der Waals surface area contributed by atoms with Crippen molar-refractivity contribution in [3.8, 4) is 0 Å². The highest BCUT2D eigenvalue weighted by molar-refractivity contribution is 7.92. The lowest BCUT2D eigenvalue weighted by Crippen LogP contribution is -2.41. The van der Waals surface area contributed by atoms with E-state index in [1.54, 1.807) is 0 Å². The van der Waals surface area contributed by atoms with Gasteiger partial charge in [0.15, 0.2) is 0 Å². The number of rotatable bonds is 6. The van der Waals surface area contributed by atoms with E-state index < -0.39 is 34.2 Å². The summed E-state index contributed by atoms with van der Waals surface area (Å²) in [6.07, 6.45) is 2.07. The predicted octanol–water partition coefficient (Wildman–Crippen LogP) is 3.74. The summed E-state index contributed by atoms with van der Waals surface area (Å²) in [5.41, 5.74) is -0.387. The average Bonchev–Trinajstić information content (AvgIpc) is 2.57. The van der Waals surface area contributed by atoms with Crippen LogP contribution in [0.25, 0.3) is 0 Å². The number of halogens is 4. The number of carbonyl (C=O) groups is 1. The van der Waals surface area contributed by atoms with Crippen LogP contribution in [-0.2, 0) is 21.0 Å². The van der Waals surface area contributed by atoms with Crippen LogP contribution in [0.1, 0.15) is 31.2 Å². The summed E-state index contributed by atoms with van der Waals surface area (Å²) in [6.45, 7) is -0.375. The summed E-state index contributed by atoms with van der Waals surface area (Å²) in [7, 11) is -4.03. The number of anilines is 1. The third-order valence-electron chi connectivity index (χ3n) is 4.13. The normalized spacial score (nSPS) is 15.2. The Bertz CT molecular complexity index is 838. The topological polar surface area (TPSA) is 66.5 Å². The van der Waals surface area contributed by atoms with Gasteiger partial charge in [-0.2, -0.15) is 13.2 Å². The fraction of sp³-hybridized carbons (Fsp3) is 0.471. The number of nitrogens with one attached hydrogen (secondary N) is 1. The molecule has 1 amide bonds. The second-order valence-electron chi connectivity index (χ2n) is 6.32. The van der Waals surface area contributed by atoms with Crippen molar-refractivity contribution in [3.05, 3.63) is 40.4 Å². The smallest absolute Gasteiger partial charge is 0.351 e. The first kappa shape index (κ1) is 21.6. The monoisotopic (exact) mass is 424 g/mol. The van der Waals surface area contributed by atoms with Gasteiger partial charge in [-0.1, -0.05) is 23.3 Å². The number of nitrogens with zero attached hydrogens (tertiary/aromatic N) is 1. The van der Waals surface area contributed by atoms with Crippen LogP contribution in [-0.4, -0.2) is 33.7 Å². The van der Waals surface area contributed by atoms with Crippen molar-refractivity contribution in [2.45, 2.75) is 31.9 Å². The van der Waals surface area contributed by atoms with E-state index in [4.69, 9.17) is 11.6 Å². The number of carbonyl (C=O) groups excluding carboxylic acids is 1. The van der Waals surface area contributed by atoms with E-state index in [1.165, 1.54) is 0 Å². The molecule has 27 heavy (non-hydrogen) atoms. The van der Waals surface area contributed by atoms with Crippen molar-refractivity contribution in [2.24, 2.45) is 0 Å². The Balaban J connectivity index is 2.21. The standard InChI is InChI=1S/C17H20ClF3N2O3S/c1-27(25,26)23(11-16(24)22-10-12-5-3-2-4-6-12)15-9-13(17(19,20)21)7-8-14(15)18/h5,7-9H,2-4,6,10-11H2,1H3,(H,22,24). The SMILES string of the molecule is CS(=O)(=O)N(CC(=O)NCC1=CCCCC1)c1cc(C(F)(F)F)ccc1Cl. The maximum absolute atomic E-state index is 13.0. The summed E-state index contributed by atoms with van der Waals surface area (Å²) in [5, 5.41) is 2.41. The second kappa shape index (κ2) is 8.52. The minimum Gasteiger partial charge on any atom is -0.351 e. The molecule has 0 spiro atoms. The minimum absolute atomic E-state index is 0.198. The molecule has 0 saturated carbocycles. The zero-order chi connectivity index (χ0) is 20.2. The molecule has 1 aromatic carbocycles. The molecule has 1 aromatic rings. The number of allylic oxidation sites excluding steroid dienone is 1. The number of sulfonamides is 1. The Kier molecular flexibility index (Phi) is 6.80. The predicted molar refractivity (Wildman–Crippen MR) is 98.2 cm³/mol. The minimum atomic E-state index is -4.67. The number of hydrogen-bond acceptors (Lipinski definition) is 3. The van der Waals surface area contributed by atoms with Gasteiger partial charge in [-0.05, 0) is 43.9 Å². The van der Waals surface area contributed by atoms with E-state index in [1.807, 2.05) is 6.08 Å². The van der Waals surface area contributed by atoms with E-state index in [-0.39, 0.29) is 17.3 Å². The van der Waals surface area contributed by atoms with Gasteiger partial charge in [0.25, 0.3) is 0 Å². The van der Waals surface area contributed by atoms with Gasteiger partial charge in [-0.25, -0.2) is 8.42 Å².